The van der Waals surface area contributed by atoms with Gasteiger partial charge in [-0.15, -0.1) is 5.10 Å². The minimum absolute atomic E-state index is 0.149. The monoisotopic (exact) mass is 433 g/mol. The van der Waals surface area contributed by atoms with Crippen molar-refractivity contribution in [3.05, 3.63) is 60.4 Å². The van der Waals surface area contributed by atoms with Gasteiger partial charge < -0.3 is 10.6 Å². The number of nitrogens with one attached hydrogen (secondary N) is 2. The van der Waals surface area contributed by atoms with Crippen LogP contribution in [0.15, 0.2) is 59.9 Å². The molecule has 4 aromatic rings. The number of hydrogen-bond donors (Lipinski definition) is 2. The van der Waals surface area contributed by atoms with Crippen LogP contribution >= 0.6 is 11.8 Å². The van der Waals surface area contributed by atoms with Gasteiger partial charge >= 0.3 is 0 Å². The van der Waals surface area contributed by atoms with Crippen LogP contribution in [0.2, 0.25) is 0 Å². The third kappa shape index (κ3) is 4.86. The molecule has 0 atom stereocenters. The molecule has 0 fully saturated rings. The molecule has 0 aliphatic carbocycles. The van der Waals surface area contributed by atoms with Crippen molar-refractivity contribution in [2.45, 2.75) is 18.9 Å². The van der Waals surface area contributed by atoms with E-state index in [-0.39, 0.29) is 17.6 Å². The largest absolute Gasteiger partial charge is 0.326 e. The van der Waals surface area contributed by atoms with E-state index >= 15 is 0 Å². The standard InChI is InChI=1S/C21H19N7O2S/c1-13-3-9-17(10-4-13)28-20-19(26-27-28)21(23-12-22-20)31-11-18(30)25-16-7-5-15(6-8-16)24-14(2)29/h3-10,12H,11H2,1-2H3,(H,24,29)(H,25,30). The molecule has 9 nitrogen and oxygen atoms in total. The third-order valence-electron chi connectivity index (χ3n) is 4.31. The first kappa shape index (κ1) is 20.5. The van der Waals surface area contributed by atoms with Crippen molar-refractivity contribution in [3.8, 4) is 5.69 Å². The molecule has 10 heteroatoms. The lowest BCUT2D eigenvalue weighted by Gasteiger charge is -2.07. The van der Waals surface area contributed by atoms with Gasteiger partial charge in [-0.2, -0.15) is 4.68 Å². The van der Waals surface area contributed by atoms with Crippen LogP contribution in [0.25, 0.3) is 16.9 Å². The molecule has 0 aliphatic heterocycles. The highest BCUT2D eigenvalue weighted by Gasteiger charge is 2.15. The predicted molar refractivity (Wildman–Crippen MR) is 119 cm³/mol. The van der Waals surface area contributed by atoms with Crippen molar-refractivity contribution < 1.29 is 9.59 Å². The van der Waals surface area contributed by atoms with Crippen LogP contribution in [0.3, 0.4) is 0 Å². The van der Waals surface area contributed by atoms with Gasteiger partial charge in [-0.05, 0) is 43.3 Å². The van der Waals surface area contributed by atoms with E-state index in [1.54, 1.807) is 28.9 Å². The lowest BCUT2D eigenvalue weighted by molar-refractivity contribution is -0.114. The Labute approximate surface area is 182 Å². The fourth-order valence-corrected chi connectivity index (χ4v) is 3.60. The quantitative estimate of drug-likeness (QED) is 0.354. The van der Waals surface area contributed by atoms with Gasteiger partial charge in [-0.1, -0.05) is 34.7 Å². The molecule has 0 aliphatic rings. The lowest BCUT2D eigenvalue weighted by Crippen LogP contribution is -2.14. The van der Waals surface area contributed by atoms with E-state index in [1.807, 2.05) is 31.2 Å². The van der Waals surface area contributed by atoms with E-state index in [1.165, 1.54) is 25.0 Å². The van der Waals surface area contributed by atoms with E-state index in [0.717, 1.165) is 11.3 Å². The molecule has 2 aromatic heterocycles. The number of carbonyl (C=O) groups excluding carboxylic acids is 2. The second-order valence-electron chi connectivity index (χ2n) is 6.78. The average Bonchev–Trinajstić information content (AvgIpc) is 3.19. The minimum atomic E-state index is -0.185. The zero-order chi connectivity index (χ0) is 21.8. The van der Waals surface area contributed by atoms with Crippen LogP contribution in [-0.2, 0) is 9.59 Å². The molecule has 0 unspecified atom stereocenters. The first-order valence-electron chi connectivity index (χ1n) is 9.43. The molecule has 0 radical (unpaired) electrons. The second-order valence-corrected chi connectivity index (χ2v) is 7.75. The first-order valence-corrected chi connectivity index (χ1v) is 10.4. The van der Waals surface area contributed by atoms with E-state index in [2.05, 4.69) is 30.9 Å². The number of anilines is 2. The molecule has 2 amide bonds. The fraction of sp³-hybridized carbons (Fsp3) is 0.143. The summed E-state index contributed by atoms with van der Waals surface area (Å²) in [7, 11) is 0. The maximum absolute atomic E-state index is 12.4. The van der Waals surface area contributed by atoms with Gasteiger partial charge in [-0.25, -0.2) is 9.97 Å². The summed E-state index contributed by atoms with van der Waals surface area (Å²) in [5.41, 5.74) is 4.42. The van der Waals surface area contributed by atoms with Crippen LogP contribution in [-0.4, -0.2) is 42.5 Å². The number of rotatable bonds is 6. The Kier molecular flexibility index (Phi) is 5.89. The molecular formula is C21H19N7O2S. The van der Waals surface area contributed by atoms with Crippen molar-refractivity contribution in [3.63, 3.8) is 0 Å². The van der Waals surface area contributed by atoms with Gasteiger partial charge in [-0.3, -0.25) is 9.59 Å². The smallest absolute Gasteiger partial charge is 0.234 e. The van der Waals surface area contributed by atoms with Gasteiger partial charge in [0, 0.05) is 18.3 Å². The Hall–Kier alpha value is -3.79. The Morgan fingerprint density at radius 1 is 0.968 bits per heavy atom. The van der Waals surface area contributed by atoms with Crippen LogP contribution in [0, 0.1) is 6.92 Å². The van der Waals surface area contributed by atoms with Gasteiger partial charge in [0.25, 0.3) is 0 Å². The average molecular weight is 433 g/mol. The summed E-state index contributed by atoms with van der Waals surface area (Å²) in [6.07, 6.45) is 1.44. The second kappa shape index (κ2) is 8.92. The van der Waals surface area contributed by atoms with Crippen molar-refractivity contribution in [1.29, 1.82) is 0 Å². The number of thioether (sulfide) groups is 1. The van der Waals surface area contributed by atoms with Crippen molar-refractivity contribution in [2.75, 3.05) is 16.4 Å². The van der Waals surface area contributed by atoms with Crippen molar-refractivity contribution >= 4 is 46.1 Å². The maximum Gasteiger partial charge on any atom is 0.234 e. The zero-order valence-electron chi connectivity index (χ0n) is 16.9. The van der Waals surface area contributed by atoms with E-state index in [9.17, 15) is 9.59 Å². The minimum Gasteiger partial charge on any atom is -0.326 e. The van der Waals surface area contributed by atoms with Crippen molar-refractivity contribution in [2.24, 2.45) is 0 Å². The summed E-state index contributed by atoms with van der Waals surface area (Å²) in [4.78, 5) is 32.0. The summed E-state index contributed by atoms with van der Waals surface area (Å²) >= 11 is 1.26. The number of carbonyl (C=O) groups is 2. The highest BCUT2D eigenvalue weighted by atomic mass is 32.2. The number of nitrogens with zero attached hydrogens (tertiary/aromatic N) is 5. The van der Waals surface area contributed by atoms with E-state index in [4.69, 9.17) is 0 Å². The number of benzene rings is 2. The maximum atomic E-state index is 12.4. The molecular weight excluding hydrogens is 414 g/mol. The molecule has 2 aromatic carbocycles. The summed E-state index contributed by atoms with van der Waals surface area (Å²) in [5, 5.41) is 14.5. The van der Waals surface area contributed by atoms with Gasteiger partial charge in [0.2, 0.25) is 11.8 Å². The molecule has 0 spiro atoms. The topological polar surface area (TPSA) is 115 Å². The Morgan fingerprint density at radius 2 is 1.65 bits per heavy atom. The highest BCUT2D eigenvalue weighted by molar-refractivity contribution is 8.00. The normalized spacial score (nSPS) is 10.8. The number of amides is 2. The molecule has 4 rings (SSSR count). The molecule has 156 valence electrons. The number of fused-ring (bicyclic) bond motifs is 1. The van der Waals surface area contributed by atoms with Crippen molar-refractivity contribution in [1.82, 2.24) is 25.0 Å². The van der Waals surface area contributed by atoms with Crippen LogP contribution in [0.1, 0.15) is 12.5 Å². The fourth-order valence-electron chi connectivity index (χ4n) is 2.86. The summed E-state index contributed by atoms with van der Waals surface area (Å²) in [6, 6.07) is 14.8. The predicted octanol–water partition coefficient (Wildman–Crippen LogP) is 3.21. The van der Waals surface area contributed by atoms with Gasteiger partial charge in [0.1, 0.15) is 11.4 Å². The van der Waals surface area contributed by atoms with E-state index < -0.39 is 0 Å². The lowest BCUT2D eigenvalue weighted by atomic mass is 10.2. The Balaban J connectivity index is 1.43. The molecule has 0 bridgehead atoms. The first-order chi connectivity index (χ1) is 15.0. The third-order valence-corrected chi connectivity index (χ3v) is 5.29. The van der Waals surface area contributed by atoms with Gasteiger partial charge in [0.05, 0.1) is 11.4 Å². The number of hydrogen-bond acceptors (Lipinski definition) is 7. The number of aromatic nitrogens is 5. The molecule has 0 saturated heterocycles. The zero-order valence-corrected chi connectivity index (χ0v) is 17.7. The summed E-state index contributed by atoms with van der Waals surface area (Å²) < 4.78 is 1.65. The summed E-state index contributed by atoms with van der Waals surface area (Å²) in [6.45, 7) is 3.46. The molecule has 2 heterocycles. The van der Waals surface area contributed by atoms with Gasteiger partial charge in [0.15, 0.2) is 11.2 Å². The molecule has 2 N–H and O–H groups in total. The SMILES string of the molecule is CC(=O)Nc1ccc(NC(=O)CSc2ncnc3c2nnn3-c2ccc(C)cc2)cc1. The molecule has 0 saturated carbocycles. The Morgan fingerprint density at radius 3 is 2.32 bits per heavy atom. The number of aryl methyl sites for hydroxylation is 1. The Bertz CT molecular complexity index is 1240. The molecule has 31 heavy (non-hydrogen) atoms. The highest BCUT2D eigenvalue weighted by Crippen LogP contribution is 2.24. The summed E-state index contributed by atoms with van der Waals surface area (Å²) in [5.74, 6) is -0.185. The van der Waals surface area contributed by atoms with Crippen LogP contribution in [0.5, 0.6) is 0 Å². The van der Waals surface area contributed by atoms with Crippen LogP contribution < -0.4 is 10.6 Å². The van der Waals surface area contributed by atoms with Crippen LogP contribution in [0.4, 0.5) is 11.4 Å². The van der Waals surface area contributed by atoms with E-state index in [0.29, 0.717) is 27.6 Å².